The van der Waals surface area contributed by atoms with Gasteiger partial charge >= 0.3 is 0 Å². The van der Waals surface area contributed by atoms with Gasteiger partial charge in [-0.2, -0.15) is 0 Å². The molecule has 5 nitrogen and oxygen atoms in total. The first-order valence-electron chi connectivity index (χ1n) is 7.50. The van der Waals surface area contributed by atoms with E-state index < -0.39 is 6.04 Å². The molecular formula is C18H21ClN2O3. The number of benzene rings is 2. The molecule has 24 heavy (non-hydrogen) atoms. The molecule has 6 heteroatoms. The second kappa shape index (κ2) is 7.93. The second-order valence-corrected chi connectivity index (χ2v) is 5.84. The maximum Gasteiger partial charge on any atom is 0.246 e. The van der Waals surface area contributed by atoms with Crippen molar-refractivity contribution in [3.8, 4) is 11.5 Å². The maximum absolute atomic E-state index is 12.5. The van der Waals surface area contributed by atoms with Crippen LogP contribution in [0.3, 0.4) is 0 Å². The summed E-state index contributed by atoms with van der Waals surface area (Å²) in [6.07, 6.45) is 0. The van der Waals surface area contributed by atoms with Gasteiger partial charge in [0.15, 0.2) is 0 Å². The van der Waals surface area contributed by atoms with Crippen LogP contribution in [-0.2, 0) is 4.79 Å². The number of hydrogen-bond donors (Lipinski definition) is 2. The molecule has 1 atom stereocenters. The van der Waals surface area contributed by atoms with Crippen molar-refractivity contribution in [2.45, 2.75) is 19.9 Å². The van der Waals surface area contributed by atoms with Crippen LogP contribution in [0.5, 0.6) is 11.5 Å². The average Bonchev–Trinajstić information content (AvgIpc) is 2.55. The number of halogens is 1. The summed E-state index contributed by atoms with van der Waals surface area (Å²) in [5.41, 5.74) is 2.36. The first-order chi connectivity index (χ1) is 11.4. The van der Waals surface area contributed by atoms with Gasteiger partial charge in [0.25, 0.3) is 0 Å². The molecule has 1 amide bonds. The van der Waals surface area contributed by atoms with Crippen molar-refractivity contribution in [3.63, 3.8) is 0 Å². The van der Waals surface area contributed by atoms with E-state index in [1.165, 1.54) is 7.11 Å². The smallest absolute Gasteiger partial charge is 0.246 e. The van der Waals surface area contributed by atoms with Gasteiger partial charge in [-0.15, -0.1) is 0 Å². The van der Waals surface area contributed by atoms with E-state index >= 15 is 0 Å². The SMILES string of the molecule is COc1ccc(Cl)cc1NC(=O)C(C)Nc1cc(C)ccc1OC. The molecule has 2 N–H and O–H groups in total. The zero-order chi connectivity index (χ0) is 17.7. The first-order valence-corrected chi connectivity index (χ1v) is 7.88. The molecule has 0 fully saturated rings. The Balaban J connectivity index is 2.13. The minimum Gasteiger partial charge on any atom is -0.495 e. The number of nitrogens with one attached hydrogen (secondary N) is 2. The first kappa shape index (κ1) is 17.9. The molecule has 0 saturated heterocycles. The van der Waals surface area contributed by atoms with Gasteiger partial charge in [0.1, 0.15) is 17.5 Å². The highest BCUT2D eigenvalue weighted by Crippen LogP contribution is 2.29. The molecule has 0 bridgehead atoms. The highest BCUT2D eigenvalue weighted by molar-refractivity contribution is 6.31. The van der Waals surface area contributed by atoms with Gasteiger partial charge in [-0.1, -0.05) is 17.7 Å². The van der Waals surface area contributed by atoms with Crippen molar-refractivity contribution in [1.29, 1.82) is 0 Å². The summed E-state index contributed by atoms with van der Waals surface area (Å²) in [6.45, 7) is 3.75. The van der Waals surface area contributed by atoms with Crippen LogP contribution < -0.4 is 20.1 Å². The Hall–Kier alpha value is -2.40. The van der Waals surface area contributed by atoms with Crippen molar-refractivity contribution in [2.24, 2.45) is 0 Å². The Kier molecular flexibility index (Phi) is 5.93. The Labute approximate surface area is 146 Å². The highest BCUT2D eigenvalue weighted by atomic mass is 35.5. The lowest BCUT2D eigenvalue weighted by Gasteiger charge is -2.18. The number of rotatable bonds is 6. The van der Waals surface area contributed by atoms with Gasteiger partial charge in [-0.25, -0.2) is 0 Å². The minimum atomic E-state index is -0.482. The molecule has 0 heterocycles. The van der Waals surface area contributed by atoms with E-state index in [1.807, 2.05) is 25.1 Å². The van der Waals surface area contributed by atoms with Crippen molar-refractivity contribution in [2.75, 3.05) is 24.9 Å². The molecule has 0 aliphatic carbocycles. The Morgan fingerprint density at radius 3 is 2.33 bits per heavy atom. The van der Waals surface area contributed by atoms with E-state index in [2.05, 4.69) is 10.6 Å². The second-order valence-electron chi connectivity index (χ2n) is 5.40. The third-order valence-corrected chi connectivity index (χ3v) is 3.77. The van der Waals surface area contributed by atoms with Gasteiger partial charge < -0.3 is 20.1 Å². The summed E-state index contributed by atoms with van der Waals surface area (Å²) in [5, 5.41) is 6.51. The van der Waals surface area contributed by atoms with Crippen LogP contribution in [0.1, 0.15) is 12.5 Å². The molecule has 0 aliphatic rings. The monoisotopic (exact) mass is 348 g/mol. The molecule has 128 valence electrons. The van der Waals surface area contributed by atoms with Crippen molar-refractivity contribution < 1.29 is 14.3 Å². The molecule has 1 unspecified atom stereocenters. The van der Waals surface area contributed by atoms with E-state index in [0.29, 0.717) is 22.2 Å². The zero-order valence-electron chi connectivity index (χ0n) is 14.1. The molecule has 2 aromatic carbocycles. The summed E-state index contributed by atoms with van der Waals surface area (Å²) in [6, 6.07) is 10.3. The number of hydrogen-bond acceptors (Lipinski definition) is 4. The fourth-order valence-electron chi connectivity index (χ4n) is 2.25. The lowest BCUT2D eigenvalue weighted by molar-refractivity contribution is -0.116. The van der Waals surface area contributed by atoms with Gasteiger partial charge in [0, 0.05) is 5.02 Å². The molecule has 0 radical (unpaired) electrons. The van der Waals surface area contributed by atoms with Crippen LogP contribution in [0.2, 0.25) is 5.02 Å². The maximum atomic E-state index is 12.5. The fourth-order valence-corrected chi connectivity index (χ4v) is 2.42. The van der Waals surface area contributed by atoms with Crippen LogP contribution in [0.25, 0.3) is 0 Å². The summed E-state index contributed by atoms with van der Waals surface area (Å²) in [5.74, 6) is 1.02. The molecule has 0 spiro atoms. The minimum absolute atomic E-state index is 0.209. The molecule has 0 aliphatic heterocycles. The predicted molar refractivity (Wildman–Crippen MR) is 97.4 cm³/mol. The van der Waals surface area contributed by atoms with E-state index in [4.69, 9.17) is 21.1 Å². The standard InChI is InChI=1S/C18H21ClN2O3/c1-11-5-7-16(23-3)14(9-11)20-12(2)18(22)21-15-10-13(19)6-8-17(15)24-4/h5-10,12,20H,1-4H3,(H,21,22). The van der Waals surface area contributed by atoms with E-state index in [9.17, 15) is 4.79 Å². The van der Waals surface area contributed by atoms with Crippen LogP contribution >= 0.6 is 11.6 Å². The van der Waals surface area contributed by atoms with Gasteiger partial charge in [0.05, 0.1) is 25.6 Å². The van der Waals surface area contributed by atoms with E-state index in [-0.39, 0.29) is 5.91 Å². The fraction of sp³-hybridized carbons (Fsp3) is 0.278. The third-order valence-electron chi connectivity index (χ3n) is 3.54. The number of carbonyl (C=O) groups is 1. The Morgan fingerprint density at radius 1 is 1.04 bits per heavy atom. The summed E-state index contributed by atoms with van der Waals surface area (Å²) in [7, 11) is 3.13. The van der Waals surface area contributed by atoms with Crippen LogP contribution in [-0.4, -0.2) is 26.2 Å². The average molecular weight is 349 g/mol. The number of ether oxygens (including phenoxy) is 2. The third kappa shape index (κ3) is 4.32. The lowest BCUT2D eigenvalue weighted by Crippen LogP contribution is -2.32. The molecular weight excluding hydrogens is 328 g/mol. The van der Waals surface area contributed by atoms with Crippen LogP contribution in [0, 0.1) is 6.92 Å². The van der Waals surface area contributed by atoms with E-state index in [0.717, 1.165) is 11.3 Å². The highest BCUT2D eigenvalue weighted by Gasteiger charge is 2.17. The predicted octanol–water partition coefficient (Wildman–Crippen LogP) is 4.10. The topological polar surface area (TPSA) is 59.6 Å². The number of carbonyl (C=O) groups excluding carboxylic acids is 1. The summed E-state index contributed by atoms with van der Waals surface area (Å²) in [4.78, 5) is 12.5. The summed E-state index contributed by atoms with van der Waals surface area (Å²) >= 11 is 5.98. The molecule has 0 saturated carbocycles. The van der Waals surface area contributed by atoms with Gasteiger partial charge in [-0.05, 0) is 49.7 Å². The number of anilines is 2. The number of aryl methyl sites for hydroxylation is 1. The van der Waals surface area contributed by atoms with Crippen molar-refractivity contribution in [1.82, 2.24) is 0 Å². The largest absolute Gasteiger partial charge is 0.495 e. The lowest BCUT2D eigenvalue weighted by atomic mass is 10.2. The van der Waals surface area contributed by atoms with E-state index in [1.54, 1.807) is 32.2 Å². The Bertz CT molecular complexity index is 734. The molecule has 2 aromatic rings. The number of methoxy groups -OCH3 is 2. The van der Waals surface area contributed by atoms with Gasteiger partial charge in [-0.3, -0.25) is 4.79 Å². The Morgan fingerprint density at radius 2 is 1.67 bits per heavy atom. The van der Waals surface area contributed by atoms with Crippen molar-refractivity contribution in [3.05, 3.63) is 47.0 Å². The normalized spacial score (nSPS) is 11.5. The molecule has 0 aromatic heterocycles. The molecule has 2 rings (SSSR count). The summed E-state index contributed by atoms with van der Waals surface area (Å²) < 4.78 is 10.6. The van der Waals surface area contributed by atoms with Crippen LogP contribution in [0.15, 0.2) is 36.4 Å². The van der Waals surface area contributed by atoms with Gasteiger partial charge in [0.2, 0.25) is 5.91 Å². The van der Waals surface area contributed by atoms with Crippen molar-refractivity contribution >= 4 is 28.9 Å². The number of amides is 1. The zero-order valence-corrected chi connectivity index (χ0v) is 14.9. The van der Waals surface area contributed by atoms with Crippen LogP contribution in [0.4, 0.5) is 11.4 Å². The quantitative estimate of drug-likeness (QED) is 0.825.